The van der Waals surface area contributed by atoms with Gasteiger partial charge in [-0.25, -0.2) is 4.39 Å². The summed E-state index contributed by atoms with van der Waals surface area (Å²) in [4.78, 5) is 15.1. The first-order chi connectivity index (χ1) is 10.1. The van der Waals surface area contributed by atoms with Crippen molar-refractivity contribution >= 4 is 24.2 Å². The number of carbonyl (C=O) groups excluding carboxylic acids is 1. The molecule has 108 valence electrons. The second-order valence-electron chi connectivity index (χ2n) is 5.36. The van der Waals surface area contributed by atoms with Crippen LogP contribution in [0.2, 0.25) is 0 Å². The minimum atomic E-state index is -0.506. The largest absolute Gasteiger partial charge is 0.305 e. The summed E-state index contributed by atoms with van der Waals surface area (Å²) in [7, 11) is 0. The van der Waals surface area contributed by atoms with E-state index in [0.29, 0.717) is 4.90 Å². The molecule has 0 N–H and O–H groups in total. The molecule has 0 radical (unpaired) electrons. The zero-order chi connectivity index (χ0) is 15.0. The van der Waals surface area contributed by atoms with Gasteiger partial charge in [0.15, 0.2) is 0 Å². The second kappa shape index (κ2) is 5.53. The van der Waals surface area contributed by atoms with E-state index in [-0.39, 0.29) is 17.5 Å². The Labute approximate surface area is 129 Å². The average molecular weight is 301 g/mol. The number of carbonyl (C=O) groups is 1. The van der Waals surface area contributed by atoms with E-state index in [4.69, 9.17) is 0 Å². The molecule has 0 saturated carbocycles. The first-order valence-electron chi connectivity index (χ1n) is 6.98. The number of thiol groups is 1. The van der Waals surface area contributed by atoms with E-state index in [2.05, 4.69) is 12.6 Å². The molecule has 2 nitrogen and oxygen atoms in total. The van der Waals surface area contributed by atoms with Crippen molar-refractivity contribution in [2.24, 2.45) is 0 Å². The molecule has 1 aliphatic heterocycles. The molecule has 0 bridgehead atoms. The summed E-state index contributed by atoms with van der Waals surface area (Å²) in [6, 6.07) is 12.2. The Kier molecular flexibility index (Phi) is 3.72. The Bertz CT molecular complexity index is 701. The summed E-state index contributed by atoms with van der Waals surface area (Å²) in [5.74, 6) is -0.809. The lowest BCUT2D eigenvalue weighted by Crippen LogP contribution is -2.42. The normalized spacial score (nSPS) is 17.5. The topological polar surface area (TPSA) is 20.3 Å². The van der Waals surface area contributed by atoms with Crippen LogP contribution < -0.4 is 4.90 Å². The van der Waals surface area contributed by atoms with Crippen LogP contribution >= 0.6 is 12.6 Å². The van der Waals surface area contributed by atoms with Crippen LogP contribution in [0.3, 0.4) is 0 Å². The quantitative estimate of drug-likeness (QED) is 0.786. The van der Waals surface area contributed by atoms with E-state index in [9.17, 15) is 9.18 Å². The number of fused-ring (bicyclic) bond motifs is 1. The Morgan fingerprint density at radius 2 is 2.05 bits per heavy atom. The molecule has 0 aliphatic carbocycles. The predicted molar refractivity (Wildman–Crippen MR) is 84.7 cm³/mol. The zero-order valence-electron chi connectivity index (χ0n) is 11.7. The summed E-state index contributed by atoms with van der Waals surface area (Å²) >= 11 is 4.20. The van der Waals surface area contributed by atoms with E-state index in [1.165, 1.54) is 12.1 Å². The van der Waals surface area contributed by atoms with Gasteiger partial charge in [0.25, 0.3) is 5.91 Å². The third-order valence-electron chi connectivity index (χ3n) is 3.92. The van der Waals surface area contributed by atoms with E-state index in [1.54, 1.807) is 11.0 Å². The molecule has 1 aliphatic rings. The molecule has 0 saturated heterocycles. The zero-order valence-corrected chi connectivity index (χ0v) is 12.6. The molecule has 3 rings (SSSR count). The average Bonchev–Trinajstić information content (AvgIpc) is 2.49. The third kappa shape index (κ3) is 2.56. The fourth-order valence-electron chi connectivity index (χ4n) is 2.80. The fraction of sp³-hybridized carbons (Fsp3) is 0.235. The van der Waals surface area contributed by atoms with Crippen molar-refractivity contribution in [3.05, 3.63) is 59.4 Å². The van der Waals surface area contributed by atoms with E-state index in [1.807, 2.05) is 31.2 Å². The highest BCUT2D eigenvalue weighted by Crippen LogP contribution is 2.32. The minimum absolute atomic E-state index is 0.0513. The van der Waals surface area contributed by atoms with Gasteiger partial charge >= 0.3 is 0 Å². The smallest absolute Gasteiger partial charge is 0.261 e. The summed E-state index contributed by atoms with van der Waals surface area (Å²) < 4.78 is 14.0. The van der Waals surface area contributed by atoms with Gasteiger partial charge in [0.2, 0.25) is 0 Å². The highest BCUT2D eigenvalue weighted by molar-refractivity contribution is 7.80. The van der Waals surface area contributed by atoms with Crippen molar-refractivity contribution in [3.8, 4) is 0 Å². The van der Waals surface area contributed by atoms with Gasteiger partial charge in [0.05, 0.1) is 5.56 Å². The lowest BCUT2D eigenvalue weighted by Gasteiger charge is -2.35. The van der Waals surface area contributed by atoms with Crippen LogP contribution in [0, 0.1) is 5.82 Å². The second-order valence-corrected chi connectivity index (χ2v) is 5.87. The molecule has 21 heavy (non-hydrogen) atoms. The molecule has 1 atom stereocenters. The molecule has 0 aromatic heterocycles. The Balaban J connectivity index is 2.07. The van der Waals surface area contributed by atoms with Crippen LogP contribution in [0.25, 0.3) is 0 Å². The van der Waals surface area contributed by atoms with Gasteiger partial charge in [-0.05, 0) is 49.6 Å². The van der Waals surface area contributed by atoms with Crippen molar-refractivity contribution in [3.63, 3.8) is 0 Å². The maximum Gasteiger partial charge on any atom is 0.261 e. The van der Waals surface area contributed by atoms with Crippen molar-refractivity contribution in [2.75, 3.05) is 4.90 Å². The maximum absolute atomic E-state index is 14.0. The van der Waals surface area contributed by atoms with Crippen LogP contribution in [0.4, 0.5) is 10.1 Å². The van der Waals surface area contributed by atoms with Crippen molar-refractivity contribution in [2.45, 2.75) is 30.7 Å². The SMILES string of the molecule is CC1CCc2ccccc2N1C(=O)c1cc(S)ccc1F. The first kappa shape index (κ1) is 14.1. The number of nitrogens with zero attached hydrogens (tertiary/aromatic N) is 1. The molecule has 2 aromatic rings. The van der Waals surface area contributed by atoms with E-state index < -0.39 is 5.82 Å². The summed E-state index contributed by atoms with van der Waals surface area (Å²) in [6.45, 7) is 2.00. The number of benzene rings is 2. The molecule has 2 aromatic carbocycles. The number of hydrogen-bond acceptors (Lipinski definition) is 2. The number of amides is 1. The highest BCUT2D eigenvalue weighted by Gasteiger charge is 2.30. The summed E-state index contributed by atoms with van der Waals surface area (Å²) in [5.41, 5.74) is 2.09. The van der Waals surface area contributed by atoms with Gasteiger partial charge in [0.1, 0.15) is 5.82 Å². The lowest BCUT2D eigenvalue weighted by atomic mass is 9.95. The van der Waals surface area contributed by atoms with Gasteiger partial charge in [-0.15, -0.1) is 12.6 Å². The van der Waals surface area contributed by atoms with Crippen LogP contribution in [0.1, 0.15) is 29.3 Å². The molecule has 1 amide bonds. The Morgan fingerprint density at radius 1 is 1.29 bits per heavy atom. The third-order valence-corrected chi connectivity index (χ3v) is 4.20. The fourth-order valence-corrected chi connectivity index (χ4v) is 3.01. The molecule has 0 fully saturated rings. The molecule has 1 unspecified atom stereocenters. The summed E-state index contributed by atoms with van der Waals surface area (Å²) in [6.07, 6.45) is 1.82. The predicted octanol–water partition coefficient (Wildman–Crippen LogP) is 4.10. The van der Waals surface area contributed by atoms with Gasteiger partial charge < -0.3 is 4.90 Å². The monoisotopic (exact) mass is 301 g/mol. The van der Waals surface area contributed by atoms with Gasteiger partial charge in [-0.2, -0.15) is 0 Å². The number of para-hydroxylation sites is 1. The number of halogens is 1. The standard InChI is InChI=1S/C17H16FNOS/c1-11-6-7-12-4-2-3-5-16(12)19(11)17(20)14-10-13(21)8-9-15(14)18/h2-5,8-11,21H,6-7H2,1H3. The van der Waals surface area contributed by atoms with Gasteiger partial charge in [-0.3, -0.25) is 4.79 Å². The highest BCUT2D eigenvalue weighted by atomic mass is 32.1. The van der Waals surface area contributed by atoms with Crippen LogP contribution in [0.15, 0.2) is 47.4 Å². The molecular formula is C17H16FNOS. The Morgan fingerprint density at radius 3 is 2.86 bits per heavy atom. The van der Waals surface area contributed by atoms with Crippen molar-refractivity contribution in [1.29, 1.82) is 0 Å². The van der Waals surface area contributed by atoms with E-state index in [0.717, 1.165) is 24.1 Å². The maximum atomic E-state index is 14.0. The lowest BCUT2D eigenvalue weighted by molar-refractivity contribution is 0.0971. The van der Waals surface area contributed by atoms with Gasteiger partial charge in [0, 0.05) is 16.6 Å². The van der Waals surface area contributed by atoms with E-state index >= 15 is 0 Å². The molecule has 0 spiro atoms. The number of aryl methyl sites for hydroxylation is 1. The molecule has 4 heteroatoms. The van der Waals surface area contributed by atoms with Crippen molar-refractivity contribution < 1.29 is 9.18 Å². The number of rotatable bonds is 1. The summed E-state index contributed by atoms with van der Waals surface area (Å²) in [5, 5.41) is 0. The number of anilines is 1. The van der Waals surface area contributed by atoms with Crippen LogP contribution in [-0.2, 0) is 6.42 Å². The molecule has 1 heterocycles. The molecular weight excluding hydrogens is 285 g/mol. The number of hydrogen-bond donors (Lipinski definition) is 1. The Hall–Kier alpha value is -1.81. The minimum Gasteiger partial charge on any atom is -0.305 e. The van der Waals surface area contributed by atoms with Crippen LogP contribution in [0.5, 0.6) is 0 Å². The van der Waals surface area contributed by atoms with Gasteiger partial charge in [-0.1, -0.05) is 18.2 Å². The van der Waals surface area contributed by atoms with Crippen LogP contribution in [-0.4, -0.2) is 11.9 Å². The first-order valence-corrected chi connectivity index (χ1v) is 7.42. The van der Waals surface area contributed by atoms with Crippen molar-refractivity contribution in [1.82, 2.24) is 0 Å².